The number of nitrogens with one attached hydrogen (secondary N) is 1. The number of anilines is 3. The van der Waals surface area contributed by atoms with Crippen LogP contribution in [-0.2, 0) is 0 Å². The molecule has 0 spiro atoms. The van der Waals surface area contributed by atoms with Crippen molar-refractivity contribution in [1.82, 2.24) is 19.9 Å². The predicted octanol–water partition coefficient (Wildman–Crippen LogP) is 4.45. The Hall–Kier alpha value is -2.44. The molecule has 3 aromatic heterocycles. The molecule has 1 atom stereocenters. The number of aromatic nitrogens is 4. The van der Waals surface area contributed by atoms with Gasteiger partial charge in [-0.05, 0) is 19.9 Å². The SMILES string of the molecule is Cc1cc(N2c3ccncc3NC2c2c(Cl)cncc2Cl)nc(C)n1. The summed E-state index contributed by atoms with van der Waals surface area (Å²) in [6.45, 7) is 3.81. The molecule has 0 aliphatic carbocycles. The zero-order chi connectivity index (χ0) is 17.6. The minimum atomic E-state index is -0.323. The Morgan fingerprint density at radius 3 is 2.52 bits per heavy atom. The molecule has 1 unspecified atom stereocenters. The third kappa shape index (κ3) is 2.77. The zero-order valence-corrected chi connectivity index (χ0v) is 15.0. The maximum absolute atomic E-state index is 6.41. The lowest BCUT2D eigenvalue weighted by Gasteiger charge is -2.27. The Morgan fingerprint density at radius 1 is 1.04 bits per heavy atom. The molecule has 4 heterocycles. The monoisotopic (exact) mass is 372 g/mol. The fraction of sp³-hybridized carbons (Fsp3) is 0.176. The van der Waals surface area contributed by atoms with Gasteiger partial charge in [0.25, 0.3) is 0 Å². The van der Waals surface area contributed by atoms with E-state index in [4.69, 9.17) is 23.2 Å². The first-order valence-electron chi connectivity index (χ1n) is 7.65. The molecule has 8 heteroatoms. The molecule has 1 aliphatic heterocycles. The largest absolute Gasteiger partial charge is 0.358 e. The summed E-state index contributed by atoms with van der Waals surface area (Å²) < 4.78 is 0. The molecule has 0 amide bonds. The van der Waals surface area contributed by atoms with Gasteiger partial charge in [-0.3, -0.25) is 14.9 Å². The van der Waals surface area contributed by atoms with Crippen LogP contribution in [-0.4, -0.2) is 19.9 Å². The van der Waals surface area contributed by atoms with Crippen molar-refractivity contribution in [3.05, 3.63) is 64.0 Å². The van der Waals surface area contributed by atoms with Gasteiger partial charge in [0.15, 0.2) is 0 Å². The van der Waals surface area contributed by atoms with E-state index in [0.29, 0.717) is 15.9 Å². The number of fused-ring (bicyclic) bond motifs is 1. The molecule has 1 aliphatic rings. The molecule has 1 N–H and O–H groups in total. The smallest absolute Gasteiger partial charge is 0.139 e. The van der Waals surface area contributed by atoms with E-state index in [9.17, 15) is 0 Å². The lowest BCUT2D eigenvalue weighted by molar-refractivity contribution is 0.803. The average Bonchev–Trinajstić information content (AvgIpc) is 2.92. The summed E-state index contributed by atoms with van der Waals surface area (Å²) in [6, 6.07) is 3.86. The van der Waals surface area contributed by atoms with Gasteiger partial charge in [0.1, 0.15) is 17.8 Å². The van der Waals surface area contributed by atoms with Crippen molar-refractivity contribution < 1.29 is 0 Å². The highest BCUT2D eigenvalue weighted by Crippen LogP contribution is 2.47. The molecule has 0 bridgehead atoms. The van der Waals surface area contributed by atoms with Gasteiger partial charge in [0.2, 0.25) is 0 Å². The Kier molecular flexibility index (Phi) is 3.94. The number of nitrogens with zero attached hydrogens (tertiary/aromatic N) is 5. The van der Waals surface area contributed by atoms with E-state index >= 15 is 0 Å². The number of rotatable bonds is 2. The van der Waals surface area contributed by atoms with Gasteiger partial charge in [0, 0.05) is 35.9 Å². The van der Waals surface area contributed by atoms with Crippen LogP contribution in [0.25, 0.3) is 0 Å². The van der Waals surface area contributed by atoms with E-state index < -0.39 is 0 Å². The van der Waals surface area contributed by atoms with Gasteiger partial charge < -0.3 is 5.32 Å². The lowest BCUT2D eigenvalue weighted by atomic mass is 10.2. The molecule has 4 rings (SSSR count). The average molecular weight is 373 g/mol. The number of hydrogen-bond acceptors (Lipinski definition) is 6. The molecule has 0 saturated heterocycles. The fourth-order valence-corrected chi connectivity index (χ4v) is 3.59. The van der Waals surface area contributed by atoms with Crippen LogP contribution in [0.4, 0.5) is 17.2 Å². The molecular weight excluding hydrogens is 359 g/mol. The van der Waals surface area contributed by atoms with Crippen LogP contribution in [0.2, 0.25) is 10.0 Å². The van der Waals surface area contributed by atoms with E-state index in [-0.39, 0.29) is 6.17 Å². The molecule has 3 aromatic rings. The Labute approximate surface area is 154 Å². The molecule has 0 saturated carbocycles. The fourth-order valence-electron chi connectivity index (χ4n) is 3.02. The van der Waals surface area contributed by atoms with E-state index in [1.54, 1.807) is 24.8 Å². The summed E-state index contributed by atoms with van der Waals surface area (Å²) in [5.74, 6) is 1.46. The van der Waals surface area contributed by atoms with Crippen LogP contribution in [0.3, 0.4) is 0 Å². The molecule has 6 nitrogen and oxygen atoms in total. The summed E-state index contributed by atoms with van der Waals surface area (Å²) in [7, 11) is 0. The lowest BCUT2D eigenvalue weighted by Crippen LogP contribution is -2.25. The molecule has 126 valence electrons. The van der Waals surface area contributed by atoms with Crippen molar-refractivity contribution in [2.75, 3.05) is 10.2 Å². The number of pyridine rings is 2. The van der Waals surface area contributed by atoms with E-state index in [1.807, 2.05) is 30.9 Å². The maximum Gasteiger partial charge on any atom is 0.139 e. The van der Waals surface area contributed by atoms with Gasteiger partial charge in [-0.1, -0.05) is 23.2 Å². The van der Waals surface area contributed by atoms with Crippen LogP contribution in [0, 0.1) is 13.8 Å². The molecule has 0 fully saturated rings. The van der Waals surface area contributed by atoms with Gasteiger partial charge >= 0.3 is 0 Å². The highest BCUT2D eigenvalue weighted by atomic mass is 35.5. The van der Waals surface area contributed by atoms with Crippen molar-refractivity contribution in [3.63, 3.8) is 0 Å². The highest BCUT2D eigenvalue weighted by Gasteiger charge is 2.35. The Balaban J connectivity index is 1.92. The first-order chi connectivity index (χ1) is 12.0. The second-order valence-electron chi connectivity index (χ2n) is 5.74. The number of aryl methyl sites for hydroxylation is 2. The minimum Gasteiger partial charge on any atom is -0.358 e. The second kappa shape index (κ2) is 6.13. The first-order valence-corrected chi connectivity index (χ1v) is 8.41. The minimum absolute atomic E-state index is 0.323. The van der Waals surface area contributed by atoms with E-state index in [2.05, 4.69) is 25.3 Å². The van der Waals surface area contributed by atoms with Crippen molar-refractivity contribution in [2.24, 2.45) is 0 Å². The zero-order valence-electron chi connectivity index (χ0n) is 13.5. The van der Waals surface area contributed by atoms with Crippen LogP contribution in [0.1, 0.15) is 23.2 Å². The van der Waals surface area contributed by atoms with Crippen LogP contribution < -0.4 is 10.2 Å². The van der Waals surface area contributed by atoms with Crippen LogP contribution >= 0.6 is 23.2 Å². The summed E-state index contributed by atoms with van der Waals surface area (Å²) in [5.41, 5.74) is 3.45. The highest BCUT2D eigenvalue weighted by molar-refractivity contribution is 6.36. The van der Waals surface area contributed by atoms with Crippen molar-refractivity contribution >= 4 is 40.4 Å². The predicted molar refractivity (Wildman–Crippen MR) is 98.5 cm³/mol. The quantitative estimate of drug-likeness (QED) is 0.716. The van der Waals surface area contributed by atoms with Crippen LogP contribution in [0.15, 0.2) is 36.9 Å². The summed E-state index contributed by atoms with van der Waals surface area (Å²) in [4.78, 5) is 19.2. The number of hydrogen-bond donors (Lipinski definition) is 1. The first kappa shape index (κ1) is 16.1. The van der Waals surface area contributed by atoms with Gasteiger partial charge in [-0.25, -0.2) is 9.97 Å². The van der Waals surface area contributed by atoms with Crippen molar-refractivity contribution in [3.8, 4) is 0 Å². The van der Waals surface area contributed by atoms with Gasteiger partial charge in [-0.2, -0.15) is 0 Å². The molecule has 0 aromatic carbocycles. The maximum atomic E-state index is 6.41. The third-order valence-electron chi connectivity index (χ3n) is 3.97. The van der Waals surface area contributed by atoms with Gasteiger partial charge in [-0.15, -0.1) is 0 Å². The Morgan fingerprint density at radius 2 is 1.80 bits per heavy atom. The van der Waals surface area contributed by atoms with E-state index in [1.165, 1.54) is 0 Å². The van der Waals surface area contributed by atoms with Crippen molar-refractivity contribution in [2.45, 2.75) is 20.0 Å². The van der Waals surface area contributed by atoms with E-state index in [0.717, 1.165) is 28.5 Å². The molecular formula is C17H14Cl2N6. The summed E-state index contributed by atoms with van der Waals surface area (Å²) in [6.07, 6.45) is 6.36. The van der Waals surface area contributed by atoms with Gasteiger partial charge in [0.05, 0.1) is 27.6 Å². The number of halogens is 2. The molecule has 0 radical (unpaired) electrons. The standard InChI is InChI=1S/C17H14Cl2N6/c1-9-5-15(23-10(2)22-9)25-14-3-4-20-8-13(14)24-17(25)16-11(18)6-21-7-12(16)19/h3-8,17,24H,1-2H3. The Bertz CT molecular complexity index is 921. The normalized spacial score (nSPS) is 15.8. The third-order valence-corrected chi connectivity index (χ3v) is 4.57. The molecule has 25 heavy (non-hydrogen) atoms. The summed E-state index contributed by atoms with van der Waals surface area (Å²) >= 11 is 12.8. The van der Waals surface area contributed by atoms with Crippen molar-refractivity contribution in [1.29, 1.82) is 0 Å². The summed E-state index contributed by atoms with van der Waals surface area (Å²) in [5, 5.41) is 4.40. The topological polar surface area (TPSA) is 66.8 Å². The van der Waals surface area contributed by atoms with Crippen LogP contribution in [0.5, 0.6) is 0 Å². The second-order valence-corrected chi connectivity index (χ2v) is 6.56.